The van der Waals surface area contributed by atoms with Gasteiger partial charge in [0.05, 0.1) is 23.1 Å². The molecule has 1 saturated heterocycles. The monoisotopic (exact) mass is 323 g/mol. The lowest BCUT2D eigenvalue weighted by Gasteiger charge is -2.20. The summed E-state index contributed by atoms with van der Waals surface area (Å²) in [5.74, 6) is -0.858. The van der Waals surface area contributed by atoms with Crippen LogP contribution in [-0.4, -0.2) is 44.1 Å². The number of nitrogens with zero attached hydrogens (tertiary/aromatic N) is 1. The summed E-state index contributed by atoms with van der Waals surface area (Å²) in [4.78, 5) is -0.203. The maximum absolute atomic E-state index is 13.7. The molecule has 0 unspecified atom stereocenters. The third-order valence-electron chi connectivity index (χ3n) is 3.07. The fraction of sp³-hybridized carbons (Fsp3) is 0.500. The van der Waals surface area contributed by atoms with E-state index in [4.69, 9.17) is 21.4 Å². The molecule has 0 radical (unpaired) electrons. The first-order valence-electron chi connectivity index (χ1n) is 6.13. The van der Waals surface area contributed by atoms with Gasteiger partial charge in [0.1, 0.15) is 5.82 Å². The van der Waals surface area contributed by atoms with Crippen molar-refractivity contribution in [1.82, 2.24) is 4.31 Å². The number of hydrogen-bond acceptors (Lipinski definition) is 4. The van der Waals surface area contributed by atoms with E-state index in [0.29, 0.717) is 26.2 Å². The Bertz CT molecular complexity index is 585. The highest BCUT2D eigenvalue weighted by Crippen LogP contribution is 2.26. The van der Waals surface area contributed by atoms with Gasteiger partial charge < -0.3 is 9.84 Å². The Balaban J connectivity index is 2.40. The summed E-state index contributed by atoms with van der Waals surface area (Å²) in [6, 6.07) is 2.08. The van der Waals surface area contributed by atoms with Gasteiger partial charge in [-0.05, 0) is 18.6 Å². The van der Waals surface area contributed by atoms with Crippen LogP contribution in [0, 0.1) is 5.82 Å². The van der Waals surface area contributed by atoms with Crippen molar-refractivity contribution in [3.8, 4) is 0 Å². The predicted octanol–water partition coefficient (Wildman–Crippen LogP) is 1.38. The van der Waals surface area contributed by atoms with E-state index in [2.05, 4.69) is 0 Å². The Labute approximate surface area is 122 Å². The summed E-state index contributed by atoms with van der Waals surface area (Å²) in [5.41, 5.74) is 0.0521. The SMILES string of the molecule is O=S(=O)(c1cc(F)c(Cl)c(CO)c1)N1CCCOCC1. The van der Waals surface area contributed by atoms with Crippen LogP contribution in [0.4, 0.5) is 4.39 Å². The van der Waals surface area contributed by atoms with E-state index in [1.165, 1.54) is 10.4 Å². The fourth-order valence-corrected chi connectivity index (χ4v) is 3.69. The highest BCUT2D eigenvalue weighted by Gasteiger charge is 2.27. The molecule has 0 aliphatic carbocycles. The molecular formula is C12H15ClFNO4S. The lowest BCUT2D eigenvalue weighted by Crippen LogP contribution is -2.33. The van der Waals surface area contributed by atoms with Crippen LogP contribution in [0.15, 0.2) is 17.0 Å². The molecule has 0 aromatic heterocycles. The molecule has 112 valence electrons. The van der Waals surface area contributed by atoms with Crippen molar-refractivity contribution in [2.45, 2.75) is 17.9 Å². The molecule has 1 aliphatic rings. The van der Waals surface area contributed by atoms with Gasteiger partial charge in [0.15, 0.2) is 0 Å². The maximum Gasteiger partial charge on any atom is 0.243 e. The average molecular weight is 324 g/mol. The predicted molar refractivity (Wildman–Crippen MR) is 71.5 cm³/mol. The van der Waals surface area contributed by atoms with Crippen molar-refractivity contribution < 1.29 is 22.7 Å². The number of benzene rings is 1. The molecule has 1 aliphatic heterocycles. The van der Waals surface area contributed by atoms with Gasteiger partial charge in [0.2, 0.25) is 10.0 Å². The molecule has 5 nitrogen and oxygen atoms in total. The number of rotatable bonds is 3. The summed E-state index contributed by atoms with van der Waals surface area (Å²) in [7, 11) is -3.81. The molecule has 1 N–H and O–H groups in total. The van der Waals surface area contributed by atoms with Crippen molar-refractivity contribution >= 4 is 21.6 Å². The van der Waals surface area contributed by atoms with E-state index in [9.17, 15) is 12.8 Å². The zero-order valence-corrected chi connectivity index (χ0v) is 12.3. The van der Waals surface area contributed by atoms with Gasteiger partial charge in [-0.2, -0.15) is 4.31 Å². The lowest BCUT2D eigenvalue weighted by atomic mass is 10.2. The quantitative estimate of drug-likeness (QED) is 0.912. The molecule has 20 heavy (non-hydrogen) atoms. The van der Waals surface area contributed by atoms with Crippen molar-refractivity contribution in [1.29, 1.82) is 0 Å². The molecule has 0 bridgehead atoms. The summed E-state index contributed by atoms with van der Waals surface area (Å²) in [6.07, 6.45) is 0.585. The highest BCUT2D eigenvalue weighted by molar-refractivity contribution is 7.89. The summed E-state index contributed by atoms with van der Waals surface area (Å²) in [5, 5.41) is 8.85. The molecule has 1 heterocycles. The zero-order chi connectivity index (χ0) is 14.8. The lowest BCUT2D eigenvalue weighted by molar-refractivity contribution is 0.148. The molecule has 1 aromatic rings. The Hall–Kier alpha value is -0.730. The number of sulfonamides is 1. The van der Waals surface area contributed by atoms with Gasteiger partial charge in [0, 0.05) is 25.3 Å². The molecule has 2 rings (SSSR count). The van der Waals surface area contributed by atoms with Crippen LogP contribution in [0.25, 0.3) is 0 Å². The van der Waals surface area contributed by atoms with Crippen molar-refractivity contribution in [3.63, 3.8) is 0 Å². The van der Waals surface area contributed by atoms with Gasteiger partial charge in [-0.3, -0.25) is 0 Å². The van der Waals surface area contributed by atoms with Crippen LogP contribution in [0.5, 0.6) is 0 Å². The molecule has 1 fully saturated rings. The van der Waals surface area contributed by atoms with Crippen LogP contribution in [0.2, 0.25) is 5.02 Å². The molecule has 8 heteroatoms. The summed E-state index contributed by atoms with van der Waals surface area (Å²) < 4.78 is 45.0. The Kier molecular flexibility index (Phi) is 4.98. The van der Waals surface area contributed by atoms with E-state index in [-0.39, 0.29) is 22.0 Å². The number of hydrogen-bond donors (Lipinski definition) is 1. The highest BCUT2D eigenvalue weighted by atomic mass is 35.5. The first-order valence-corrected chi connectivity index (χ1v) is 7.95. The second-order valence-electron chi connectivity index (χ2n) is 4.41. The average Bonchev–Trinajstić information content (AvgIpc) is 2.71. The number of aliphatic hydroxyl groups excluding tert-OH is 1. The Morgan fingerprint density at radius 2 is 2.10 bits per heavy atom. The Morgan fingerprint density at radius 1 is 1.35 bits per heavy atom. The van der Waals surface area contributed by atoms with E-state index >= 15 is 0 Å². The first kappa shape index (κ1) is 15.7. The van der Waals surface area contributed by atoms with Gasteiger partial charge in [-0.25, -0.2) is 12.8 Å². The van der Waals surface area contributed by atoms with E-state index in [1.54, 1.807) is 0 Å². The number of ether oxygens (including phenoxy) is 1. The molecule has 0 atom stereocenters. The van der Waals surface area contributed by atoms with Gasteiger partial charge in [0.25, 0.3) is 0 Å². The van der Waals surface area contributed by atoms with E-state index in [1.807, 2.05) is 0 Å². The molecule has 0 spiro atoms. The normalized spacial score (nSPS) is 17.9. The fourth-order valence-electron chi connectivity index (χ4n) is 2.00. The minimum atomic E-state index is -3.81. The first-order chi connectivity index (χ1) is 9.46. The largest absolute Gasteiger partial charge is 0.392 e. The standard InChI is InChI=1S/C12H15ClFNO4S/c13-12-9(8-16)6-10(7-11(12)14)20(17,18)15-2-1-4-19-5-3-15/h6-7,16H,1-5,8H2. The third-order valence-corrected chi connectivity index (χ3v) is 5.37. The van der Waals surface area contributed by atoms with Crippen molar-refractivity contribution in [2.24, 2.45) is 0 Å². The van der Waals surface area contributed by atoms with E-state index in [0.717, 1.165) is 6.07 Å². The second-order valence-corrected chi connectivity index (χ2v) is 6.72. The summed E-state index contributed by atoms with van der Waals surface area (Å²) >= 11 is 5.66. The third kappa shape index (κ3) is 3.12. The van der Waals surface area contributed by atoms with Gasteiger partial charge >= 0.3 is 0 Å². The van der Waals surface area contributed by atoms with Crippen molar-refractivity contribution in [3.05, 3.63) is 28.5 Å². The summed E-state index contributed by atoms with van der Waals surface area (Å²) in [6.45, 7) is 0.829. The molecular weight excluding hydrogens is 309 g/mol. The van der Waals surface area contributed by atoms with Crippen LogP contribution in [-0.2, 0) is 21.4 Å². The van der Waals surface area contributed by atoms with Crippen LogP contribution in [0.1, 0.15) is 12.0 Å². The minimum absolute atomic E-state index is 0.0521. The zero-order valence-electron chi connectivity index (χ0n) is 10.7. The van der Waals surface area contributed by atoms with Crippen LogP contribution >= 0.6 is 11.6 Å². The number of aliphatic hydroxyl groups is 1. The molecule has 0 amide bonds. The van der Waals surface area contributed by atoms with Crippen LogP contribution < -0.4 is 0 Å². The number of halogens is 2. The molecule has 1 aromatic carbocycles. The maximum atomic E-state index is 13.7. The second kappa shape index (κ2) is 6.36. The molecule has 0 saturated carbocycles. The minimum Gasteiger partial charge on any atom is -0.392 e. The van der Waals surface area contributed by atoms with Gasteiger partial charge in [-0.1, -0.05) is 11.6 Å². The Morgan fingerprint density at radius 3 is 2.80 bits per heavy atom. The van der Waals surface area contributed by atoms with E-state index < -0.39 is 22.4 Å². The van der Waals surface area contributed by atoms with Gasteiger partial charge in [-0.15, -0.1) is 0 Å². The smallest absolute Gasteiger partial charge is 0.243 e. The topological polar surface area (TPSA) is 66.8 Å². The van der Waals surface area contributed by atoms with Crippen molar-refractivity contribution in [2.75, 3.05) is 26.3 Å². The van der Waals surface area contributed by atoms with Crippen LogP contribution in [0.3, 0.4) is 0 Å².